The molecule has 3 atom stereocenters. The van der Waals surface area contributed by atoms with Crippen molar-refractivity contribution in [3.05, 3.63) is 29.1 Å². The summed E-state index contributed by atoms with van der Waals surface area (Å²) in [4.78, 5) is 13.5. The Hall–Kier alpha value is -2.06. The molecule has 0 saturated carbocycles. The predicted molar refractivity (Wildman–Crippen MR) is 73.0 cm³/mol. The Labute approximate surface area is 134 Å². The number of halogens is 5. The molecule has 2 amide bonds. The molecule has 132 valence electrons. The van der Waals surface area contributed by atoms with Gasteiger partial charge in [0.05, 0.1) is 0 Å². The second-order valence-corrected chi connectivity index (χ2v) is 5.96. The summed E-state index contributed by atoms with van der Waals surface area (Å²) in [6.07, 6.45) is 1.22. The monoisotopic (exact) mass is 350 g/mol. The molecule has 2 bridgehead atoms. The topological polar surface area (TPSA) is 41.6 Å². The molecule has 4 nitrogen and oxygen atoms in total. The maximum atomic E-state index is 13.7. The van der Waals surface area contributed by atoms with E-state index in [0.717, 1.165) is 0 Å². The van der Waals surface area contributed by atoms with Gasteiger partial charge in [-0.05, 0) is 12.8 Å². The molecule has 2 heterocycles. The number of urea groups is 1. The Kier molecular flexibility index (Phi) is 4.27. The maximum absolute atomic E-state index is 13.7. The molecular formula is C15H15F5N2O2. The number of ether oxygens (including phenoxy) is 1. The minimum atomic E-state index is -2.22. The summed E-state index contributed by atoms with van der Waals surface area (Å²) in [7, 11) is 1.50. The van der Waals surface area contributed by atoms with Crippen LogP contribution >= 0.6 is 0 Å². The zero-order chi connectivity index (χ0) is 17.6. The van der Waals surface area contributed by atoms with Crippen molar-refractivity contribution in [2.75, 3.05) is 7.05 Å². The normalized spacial score (nSPS) is 25.8. The highest BCUT2D eigenvalue weighted by Crippen LogP contribution is 2.38. The minimum absolute atomic E-state index is 0.185. The Bertz CT molecular complexity index is 641. The molecule has 2 saturated heterocycles. The molecule has 1 aromatic rings. The molecule has 0 aliphatic carbocycles. The summed E-state index contributed by atoms with van der Waals surface area (Å²) in [5.41, 5.74) is 0. The SMILES string of the molecule is CNC(=O)N1[C@@H]2CC[C@H]1C[C@H](Oc1c(F)c(F)c(F)c(F)c1F)C2. The van der Waals surface area contributed by atoms with Crippen LogP contribution in [-0.4, -0.2) is 36.2 Å². The highest BCUT2D eigenvalue weighted by molar-refractivity contribution is 5.75. The smallest absolute Gasteiger partial charge is 0.317 e. The van der Waals surface area contributed by atoms with E-state index in [-0.39, 0.29) is 31.0 Å². The Morgan fingerprint density at radius 1 is 0.958 bits per heavy atom. The molecule has 9 heteroatoms. The van der Waals surface area contributed by atoms with E-state index in [1.165, 1.54) is 7.05 Å². The summed E-state index contributed by atoms with van der Waals surface area (Å²) in [5, 5.41) is 2.52. The lowest BCUT2D eigenvalue weighted by Crippen LogP contribution is -2.52. The second-order valence-electron chi connectivity index (χ2n) is 5.96. The van der Waals surface area contributed by atoms with Crippen LogP contribution in [0.25, 0.3) is 0 Å². The standard InChI is InChI=1S/C15H15F5N2O2/c1-21-15(23)22-6-2-3-7(22)5-8(4-6)24-14-12(19)10(17)9(16)11(18)13(14)20/h6-8H,2-5H2,1H3,(H,21,23)/t6-,7+,8-. The molecule has 1 aromatic carbocycles. The summed E-state index contributed by atoms with van der Waals surface area (Å²) in [5.74, 6) is -11.5. The van der Waals surface area contributed by atoms with Gasteiger partial charge < -0.3 is 15.0 Å². The summed E-state index contributed by atoms with van der Waals surface area (Å²) >= 11 is 0. The van der Waals surface area contributed by atoms with Gasteiger partial charge in [-0.3, -0.25) is 0 Å². The number of amides is 2. The minimum Gasteiger partial charge on any atom is -0.484 e. The molecule has 1 N–H and O–H groups in total. The molecule has 2 fully saturated rings. The van der Waals surface area contributed by atoms with Gasteiger partial charge in [-0.2, -0.15) is 8.78 Å². The van der Waals surface area contributed by atoms with Crippen LogP contribution < -0.4 is 10.1 Å². The van der Waals surface area contributed by atoms with Crippen molar-refractivity contribution in [2.45, 2.75) is 43.9 Å². The number of carbonyl (C=O) groups is 1. The van der Waals surface area contributed by atoms with Crippen LogP contribution in [0.1, 0.15) is 25.7 Å². The van der Waals surface area contributed by atoms with E-state index >= 15 is 0 Å². The van der Waals surface area contributed by atoms with Gasteiger partial charge in [0.1, 0.15) is 6.10 Å². The molecule has 0 radical (unpaired) electrons. The Morgan fingerprint density at radius 3 is 1.88 bits per heavy atom. The third-order valence-electron chi connectivity index (χ3n) is 4.59. The maximum Gasteiger partial charge on any atom is 0.317 e. The number of carbonyl (C=O) groups excluding carboxylic acids is 1. The van der Waals surface area contributed by atoms with Crippen LogP contribution in [0, 0.1) is 29.1 Å². The molecule has 0 aromatic heterocycles. The highest BCUT2D eigenvalue weighted by Gasteiger charge is 2.44. The van der Waals surface area contributed by atoms with Crippen molar-refractivity contribution in [3.63, 3.8) is 0 Å². The molecular weight excluding hydrogens is 335 g/mol. The number of nitrogens with zero attached hydrogens (tertiary/aromatic N) is 1. The number of piperidine rings is 1. The van der Waals surface area contributed by atoms with Gasteiger partial charge in [-0.15, -0.1) is 0 Å². The largest absolute Gasteiger partial charge is 0.484 e. The van der Waals surface area contributed by atoms with Crippen molar-refractivity contribution in [1.29, 1.82) is 0 Å². The van der Waals surface area contributed by atoms with Crippen LogP contribution in [0.4, 0.5) is 26.7 Å². The van der Waals surface area contributed by atoms with Crippen LogP contribution in [0.3, 0.4) is 0 Å². The van der Waals surface area contributed by atoms with E-state index in [1.807, 2.05) is 0 Å². The molecule has 2 aliphatic heterocycles. The summed E-state index contributed by atoms with van der Waals surface area (Å²) < 4.78 is 72.1. The first-order chi connectivity index (χ1) is 11.3. The molecule has 0 unspecified atom stereocenters. The first-order valence-corrected chi connectivity index (χ1v) is 7.53. The highest BCUT2D eigenvalue weighted by atomic mass is 19.2. The summed E-state index contributed by atoms with van der Waals surface area (Å²) in [6.45, 7) is 0. The summed E-state index contributed by atoms with van der Waals surface area (Å²) in [6, 6.07) is -0.623. The van der Waals surface area contributed by atoms with Crippen LogP contribution in [0.5, 0.6) is 5.75 Å². The van der Waals surface area contributed by atoms with Gasteiger partial charge in [-0.25, -0.2) is 18.0 Å². The molecule has 3 rings (SSSR count). The Morgan fingerprint density at radius 2 is 1.42 bits per heavy atom. The van der Waals surface area contributed by atoms with E-state index in [9.17, 15) is 26.7 Å². The zero-order valence-electron chi connectivity index (χ0n) is 12.7. The van der Waals surface area contributed by atoms with Crippen LogP contribution in [0.15, 0.2) is 0 Å². The second kappa shape index (κ2) is 6.10. The van der Waals surface area contributed by atoms with Gasteiger partial charge in [-0.1, -0.05) is 0 Å². The fourth-order valence-electron chi connectivity index (χ4n) is 3.54. The third kappa shape index (κ3) is 2.55. The number of fused-ring (bicyclic) bond motifs is 2. The number of nitrogens with one attached hydrogen (secondary N) is 1. The zero-order valence-corrected chi connectivity index (χ0v) is 12.7. The lowest BCUT2D eigenvalue weighted by Gasteiger charge is -2.38. The van der Waals surface area contributed by atoms with Crippen molar-refractivity contribution in [3.8, 4) is 5.75 Å². The van der Waals surface area contributed by atoms with Gasteiger partial charge in [0.2, 0.25) is 29.1 Å². The molecule has 24 heavy (non-hydrogen) atoms. The lowest BCUT2D eigenvalue weighted by molar-refractivity contribution is 0.0629. The van der Waals surface area contributed by atoms with E-state index in [1.54, 1.807) is 4.90 Å². The van der Waals surface area contributed by atoms with Gasteiger partial charge in [0.25, 0.3) is 0 Å². The van der Waals surface area contributed by atoms with Crippen molar-refractivity contribution < 1.29 is 31.5 Å². The number of rotatable bonds is 2. The average Bonchev–Trinajstić information content (AvgIpc) is 2.85. The van der Waals surface area contributed by atoms with Crippen molar-refractivity contribution in [1.82, 2.24) is 10.2 Å². The fraction of sp³-hybridized carbons (Fsp3) is 0.533. The predicted octanol–water partition coefficient (Wildman–Crippen LogP) is 3.10. The van der Waals surface area contributed by atoms with E-state index in [4.69, 9.17) is 4.74 Å². The van der Waals surface area contributed by atoms with E-state index in [0.29, 0.717) is 12.8 Å². The average molecular weight is 350 g/mol. The van der Waals surface area contributed by atoms with Crippen LogP contribution in [0.2, 0.25) is 0 Å². The van der Waals surface area contributed by atoms with Gasteiger partial charge in [0, 0.05) is 32.0 Å². The van der Waals surface area contributed by atoms with Gasteiger partial charge >= 0.3 is 6.03 Å². The first-order valence-electron chi connectivity index (χ1n) is 7.53. The quantitative estimate of drug-likeness (QED) is 0.506. The van der Waals surface area contributed by atoms with E-state index in [2.05, 4.69) is 5.32 Å². The number of hydrogen-bond acceptors (Lipinski definition) is 2. The van der Waals surface area contributed by atoms with Gasteiger partial charge in [0.15, 0.2) is 5.75 Å². The fourth-order valence-corrected chi connectivity index (χ4v) is 3.54. The van der Waals surface area contributed by atoms with Crippen molar-refractivity contribution >= 4 is 6.03 Å². The van der Waals surface area contributed by atoms with Crippen molar-refractivity contribution in [2.24, 2.45) is 0 Å². The number of hydrogen-bond donors (Lipinski definition) is 1. The molecule has 2 aliphatic rings. The Balaban J connectivity index is 1.81. The van der Waals surface area contributed by atoms with E-state index < -0.39 is 40.9 Å². The number of benzene rings is 1. The third-order valence-corrected chi connectivity index (χ3v) is 4.59. The first kappa shape index (κ1) is 16.8. The lowest BCUT2D eigenvalue weighted by atomic mass is 10.00. The molecule has 0 spiro atoms. The van der Waals surface area contributed by atoms with Crippen LogP contribution in [-0.2, 0) is 0 Å².